The van der Waals surface area contributed by atoms with Gasteiger partial charge in [-0.3, -0.25) is 19.9 Å². The van der Waals surface area contributed by atoms with E-state index in [0.29, 0.717) is 0 Å². The first kappa shape index (κ1) is 64.6. The van der Waals surface area contributed by atoms with Crippen molar-refractivity contribution in [2.75, 3.05) is 14.2 Å². The van der Waals surface area contributed by atoms with Gasteiger partial charge in [0.25, 0.3) is 0 Å². The Balaban J connectivity index is 0.000000215. The Labute approximate surface area is 495 Å². The van der Waals surface area contributed by atoms with Crippen LogP contribution in [0.5, 0.6) is 11.5 Å². The van der Waals surface area contributed by atoms with E-state index in [-0.39, 0.29) is 17.1 Å². The second kappa shape index (κ2) is 29.6. The fourth-order valence-corrected chi connectivity index (χ4v) is 7.11. The largest absolute Gasteiger partial charge is 2.00 e. The third-order valence-electron chi connectivity index (χ3n) is 11.2. The van der Waals surface area contributed by atoms with Gasteiger partial charge in [0, 0.05) is 47.0 Å². The first-order valence-electron chi connectivity index (χ1n) is 24.3. The van der Waals surface area contributed by atoms with Crippen LogP contribution in [-0.4, -0.2) is 81.1 Å². The molecule has 4 aromatic carbocycles. The quantitative estimate of drug-likeness (QED) is 0.0456. The monoisotopic (exact) mass is 1230 g/mol. The number of pyridine rings is 6. The molecule has 10 aromatic rings. The fraction of sp³-hybridized carbons (Fsp3) is 0.0645. The van der Waals surface area contributed by atoms with Gasteiger partial charge >= 0.3 is 28.1 Å². The molecule has 0 saturated carbocycles. The Morgan fingerprint density at radius 1 is 0.353 bits per heavy atom. The van der Waals surface area contributed by atoms with Crippen LogP contribution in [0.4, 0.5) is 26.3 Å². The molecule has 0 bridgehead atoms. The van der Waals surface area contributed by atoms with E-state index in [1.807, 2.05) is 146 Å². The van der Waals surface area contributed by atoms with Gasteiger partial charge in [0.1, 0.15) is 11.5 Å². The molecule has 0 aliphatic carbocycles. The maximum absolute atomic E-state index is 10.7. The zero-order chi connectivity index (χ0) is 60.3. The van der Waals surface area contributed by atoms with Gasteiger partial charge in [-0.15, -0.1) is 0 Å². The van der Waals surface area contributed by atoms with E-state index in [9.17, 15) is 26.3 Å². The number of alkyl halides is 6. The van der Waals surface area contributed by atoms with E-state index < -0.39 is 31.3 Å². The second-order valence-corrected chi connectivity index (χ2v) is 19.8. The normalized spacial score (nSPS) is 10.8. The number of halogens is 6. The van der Waals surface area contributed by atoms with Gasteiger partial charge in [0.15, 0.2) is 20.2 Å². The molecule has 0 aliphatic heterocycles. The van der Waals surface area contributed by atoms with Crippen LogP contribution in [0.15, 0.2) is 219 Å². The minimum Gasteiger partial charge on any atom is -0.741 e. The van der Waals surface area contributed by atoms with Crippen LogP contribution in [-0.2, 0) is 37.3 Å². The Bertz CT molecular complexity index is 3770. The van der Waals surface area contributed by atoms with Crippen molar-refractivity contribution in [2.45, 2.75) is 11.0 Å². The van der Waals surface area contributed by atoms with Crippen LogP contribution < -0.4 is 9.47 Å². The fourth-order valence-electron chi connectivity index (χ4n) is 7.11. The number of ether oxygens (including phenoxy) is 2. The molecule has 0 radical (unpaired) electrons. The minimum absolute atomic E-state index is 0. The van der Waals surface area contributed by atoms with Gasteiger partial charge in [0.05, 0.1) is 59.8 Å². The first-order chi connectivity index (χ1) is 40.1. The van der Waals surface area contributed by atoms with Crippen LogP contribution in [0, 0.1) is 23.7 Å². The summed E-state index contributed by atoms with van der Waals surface area (Å²) >= 11 is 0. The Hall–Kier alpha value is -9.58. The second-order valence-electron chi connectivity index (χ2n) is 17.0. The standard InChI is InChI=1S/2C30H21N3O.2CHF3O3S.Fe/c2*1-34-26-16-12-23(13-17-26)9-8-22-10-14-24(15-11-22)25-20-29(27-6-2-4-18-31-27)33-30(21-25)28-7-3-5-19-32-28;2*2-1(3,4)8(5,6)7;/h2*2-7,10-21H,1H3;2*(H,5,6,7);/q;;;;+2/p-2. The average Bonchev–Trinajstić information content (AvgIpc) is 3.64. The van der Waals surface area contributed by atoms with E-state index >= 15 is 0 Å². The summed E-state index contributed by atoms with van der Waals surface area (Å²) in [4.78, 5) is 27.6. The van der Waals surface area contributed by atoms with Gasteiger partial charge in [-0.2, -0.15) is 26.3 Å². The Kier molecular flexibility index (Phi) is 22.5. The van der Waals surface area contributed by atoms with Gasteiger partial charge in [0.2, 0.25) is 0 Å². The summed E-state index contributed by atoms with van der Waals surface area (Å²) in [5.41, 5.74) is 3.26. The van der Waals surface area contributed by atoms with E-state index in [1.54, 1.807) is 39.0 Å². The van der Waals surface area contributed by atoms with E-state index in [4.69, 9.17) is 45.4 Å². The Morgan fingerprint density at radius 2 is 0.576 bits per heavy atom. The molecule has 14 nitrogen and oxygen atoms in total. The van der Waals surface area contributed by atoms with E-state index in [0.717, 1.165) is 102 Å². The number of methoxy groups -OCH3 is 2. The van der Waals surface area contributed by atoms with Crippen LogP contribution in [0.1, 0.15) is 22.3 Å². The molecule has 85 heavy (non-hydrogen) atoms. The van der Waals surface area contributed by atoms with Crippen molar-refractivity contribution in [1.82, 2.24) is 29.9 Å². The maximum Gasteiger partial charge on any atom is 2.00 e. The molecule has 430 valence electrons. The number of hydrogen-bond donors (Lipinski definition) is 0. The third kappa shape index (κ3) is 19.2. The topological polar surface area (TPSA) is 210 Å². The third-order valence-corrected chi connectivity index (χ3v) is 12.4. The smallest absolute Gasteiger partial charge is 0.741 e. The van der Waals surface area contributed by atoms with Crippen LogP contribution in [0.2, 0.25) is 0 Å². The molecule has 0 amide bonds. The summed E-state index contributed by atoms with van der Waals surface area (Å²) in [6.45, 7) is 0. The van der Waals surface area contributed by atoms with Crippen molar-refractivity contribution in [3.63, 3.8) is 0 Å². The number of nitrogens with zero attached hydrogens (tertiary/aromatic N) is 6. The number of benzene rings is 4. The summed E-state index contributed by atoms with van der Waals surface area (Å²) in [5.74, 6) is 14.5. The van der Waals surface area contributed by atoms with Crippen molar-refractivity contribution in [3.8, 4) is 103 Å². The van der Waals surface area contributed by atoms with Crippen molar-refractivity contribution in [2.24, 2.45) is 0 Å². The van der Waals surface area contributed by atoms with Gasteiger partial charge in [-0.25, -0.2) is 26.8 Å². The summed E-state index contributed by atoms with van der Waals surface area (Å²) in [6, 6.07) is 63.5. The maximum atomic E-state index is 10.7. The van der Waals surface area contributed by atoms with Crippen LogP contribution in [0.3, 0.4) is 0 Å². The zero-order valence-corrected chi connectivity index (χ0v) is 46.9. The molecular formula is C62H42F6FeN6O8S2. The molecule has 0 aliphatic rings. The van der Waals surface area contributed by atoms with Crippen molar-refractivity contribution in [1.29, 1.82) is 0 Å². The number of aromatic nitrogens is 6. The van der Waals surface area contributed by atoms with Crippen molar-refractivity contribution in [3.05, 3.63) is 241 Å². The summed E-state index contributed by atoms with van der Waals surface area (Å²) in [5, 5.41) is 0. The van der Waals surface area contributed by atoms with Crippen molar-refractivity contribution >= 4 is 20.2 Å². The summed E-state index contributed by atoms with van der Waals surface area (Å²) in [6.07, 6.45) is 7.11. The summed E-state index contributed by atoms with van der Waals surface area (Å²) < 4.78 is 128. The zero-order valence-electron chi connectivity index (χ0n) is 44.2. The predicted molar refractivity (Wildman–Crippen MR) is 302 cm³/mol. The molecule has 10 rings (SSSR count). The predicted octanol–water partition coefficient (Wildman–Crippen LogP) is 12.7. The molecule has 0 N–H and O–H groups in total. The van der Waals surface area contributed by atoms with E-state index in [2.05, 4.69) is 92.1 Å². The summed E-state index contributed by atoms with van der Waals surface area (Å²) in [7, 11) is -8.87. The van der Waals surface area contributed by atoms with Crippen molar-refractivity contribution < 1.29 is 78.8 Å². The molecule has 6 aromatic heterocycles. The van der Waals surface area contributed by atoms with Crippen LogP contribution in [0.25, 0.3) is 67.8 Å². The molecular weight excluding hydrogens is 1190 g/mol. The van der Waals surface area contributed by atoms with Gasteiger partial charge < -0.3 is 18.6 Å². The SMILES string of the molecule is COc1ccc(C#Cc2ccc(-c3cc(-c4ccccn4)nc(-c4ccccn4)c3)cc2)cc1.COc1ccc(C#Cc2ccc(-c3cc(-c4ccccn4)nc(-c4ccccn4)c3)cc2)cc1.O=S(=O)([O-])C(F)(F)F.O=S(=O)([O-])C(F)(F)F.[Fe+2]. The number of rotatable bonds is 8. The molecule has 0 unspecified atom stereocenters. The molecule has 23 heteroatoms. The van der Waals surface area contributed by atoms with E-state index in [1.165, 1.54) is 0 Å². The first-order valence-corrected chi connectivity index (χ1v) is 27.2. The van der Waals surface area contributed by atoms with Gasteiger partial charge in [-0.05, 0) is 168 Å². The molecule has 0 spiro atoms. The average molecular weight is 1230 g/mol. The molecule has 6 heterocycles. The molecule has 0 atom stereocenters. The van der Waals surface area contributed by atoms with Crippen LogP contribution >= 0.6 is 0 Å². The minimum atomic E-state index is -6.09. The number of hydrogen-bond acceptors (Lipinski definition) is 14. The molecule has 0 fully saturated rings. The molecule has 0 saturated heterocycles. The van der Waals surface area contributed by atoms with Gasteiger partial charge in [-0.1, -0.05) is 72.2 Å². The Morgan fingerprint density at radius 3 is 0.765 bits per heavy atom.